The number of carbonyl (C=O) groups is 3. The Balaban J connectivity index is 4.14. The normalized spacial score (nSPS) is 12.3. The number of hydrogen-bond donors (Lipinski definition) is 0. The molecule has 0 aliphatic carbocycles. The van der Waals surface area contributed by atoms with Gasteiger partial charge in [0, 0.05) is 19.3 Å². The molecule has 6 nitrogen and oxygen atoms in total. The van der Waals surface area contributed by atoms with Crippen LogP contribution in [0.15, 0.2) is 48.6 Å². The first kappa shape index (κ1) is 75.4. The number of ether oxygens (including phenoxy) is 3. The molecule has 1 unspecified atom stereocenters. The van der Waals surface area contributed by atoms with Crippen LogP contribution in [0.2, 0.25) is 0 Å². The minimum atomic E-state index is -0.774. The summed E-state index contributed by atoms with van der Waals surface area (Å²) in [5, 5.41) is 0. The van der Waals surface area contributed by atoms with Crippen LogP contribution in [0.25, 0.3) is 0 Å². The monoisotopic (exact) mass is 1090 g/mol. The fraction of sp³-hybridized carbons (Fsp3) is 0.847. The van der Waals surface area contributed by atoms with Gasteiger partial charge in [-0.25, -0.2) is 0 Å². The van der Waals surface area contributed by atoms with E-state index in [0.717, 1.165) is 77.0 Å². The van der Waals surface area contributed by atoms with Gasteiger partial charge in [0.1, 0.15) is 13.2 Å². The smallest absolute Gasteiger partial charge is 0.306 e. The minimum absolute atomic E-state index is 0.0712. The van der Waals surface area contributed by atoms with Gasteiger partial charge in [-0.1, -0.05) is 320 Å². The van der Waals surface area contributed by atoms with E-state index in [-0.39, 0.29) is 31.1 Å². The number of esters is 3. The van der Waals surface area contributed by atoms with Crippen LogP contribution in [0.3, 0.4) is 0 Å². The molecular weight excluding hydrogens is 961 g/mol. The zero-order valence-electron chi connectivity index (χ0n) is 52.5. The molecule has 0 aliphatic heterocycles. The second-order valence-corrected chi connectivity index (χ2v) is 23.4. The molecule has 0 amide bonds. The molecule has 78 heavy (non-hydrogen) atoms. The molecule has 0 radical (unpaired) electrons. The predicted octanol–water partition coefficient (Wildman–Crippen LogP) is 23.7. The Morgan fingerprint density at radius 1 is 0.256 bits per heavy atom. The molecule has 0 N–H and O–H groups in total. The van der Waals surface area contributed by atoms with Crippen molar-refractivity contribution in [3.8, 4) is 0 Å². The van der Waals surface area contributed by atoms with Crippen LogP contribution in [0.4, 0.5) is 0 Å². The lowest BCUT2D eigenvalue weighted by molar-refractivity contribution is -0.167. The van der Waals surface area contributed by atoms with Crippen molar-refractivity contribution in [3.05, 3.63) is 48.6 Å². The van der Waals surface area contributed by atoms with Crippen LogP contribution in [-0.2, 0) is 28.6 Å². The number of allylic oxidation sites excluding steroid dienone is 8. The first-order valence-corrected chi connectivity index (χ1v) is 34.6. The van der Waals surface area contributed by atoms with Gasteiger partial charge in [0.2, 0.25) is 0 Å². The van der Waals surface area contributed by atoms with Crippen molar-refractivity contribution in [2.45, 2.75) is 380 Å². The highest BCUT2D eigenvalue weighted by Crippen LogP contribution is 2.18. The van der Waals surface area contributed by atoms with Crippen molar-refractivity contribution in [2.24, 2.45) is 0 Å². The van der Waals surface area contributed by atoms with Crippen molar-refractivity contribution in [1.29, 1.82) is 0 Å². The topological polar surface area (TPSA) is 78.9 Å². The first-order chi connectivity index (χ1) is 38.5. The molecule has 0 aromatic heterocycles. The van der Waals surface area contributed by atoms with Gasteiger partial charge >= 0.3 is 17.9 Å². The lowest BCUT2D eigenvalue weighted by atomic mass is 10.0. The highest BCUT2D eigenvalue weighted by molar-refractivity contribution is 5.71. The second-order valence-electron chi connectivity index (χ2n) is 23.4. The Labute approximate surface area is 486 Å². The fourth-order valence-electron chi connectivity index (χ4n) is 10.3. The Morgan fingerprint density at radius 3 is 0.731 bits per heavy atom. The summed E-state index contributed by atoms with van der Waals surface area (Å²) in [6.45, 7) is 6.65. The molecule has 0 aromatic carbocycles. The van der Waals surface area contributed by atoms with E-state index < -0.39 is 6.10 Å². The van der Waals surface area contributed by atoms with E-state index in [1.54, 1.807) is 0 Å². The molecular formula is C72H132O6. The van der Waals surface area contributed by atoms with Crippen LogP contribution in [0.5, 0.6) is 0 Å². The quantitative estimate of drug-likeness (QED) is 0.0261. The van der Waals surface area contributed by atoms with Gasteiger partial charge in [-0.15, -0.1) is 0 Å². The van der Waals surface area contributed by atoms with E-state index in [0.29, 0.717) is 19.3 Å². The van der Waals surface area contributed by atoms with Crippen molar-refractivity contribution in [1.82, 2.24) is 0 Å². The molecule has 0 heterocycles. The lowest BCUT2D eigenvalue weighted by Crippen LogP contribution is -2.30. The molecule has 0 aromatic rings. The number of rotatable bonds is 64. The van der Waals surface area contributed by atoms with E-state index >= 15 is 0 Å². The lowest BCUT2D eigenvalue weighted by Gasteiger charge is -2.18. The number of unbranched alkanes of at least 4 members (excludes halogenated alkanes) is 45. The summed E-state index contributed by atoms with van der Waals surface area (Å²) in [4.78, 5) is 38.3. The average molecular weight is 1090 g/mol. The van der Waals surface area contributed by atoms with Gasteiger partial charge in [0.15, 0.2) is 6.10 Å². The van der Waals surface area contributed by atoms with Crippen LogP contribution < -0.4 is 0 Å². The summed E-state index contributed by atoms with van der Waals surface area (Å²) >= 11 is 0. The highest BCUT2D eigenvalue weighted by atomic mass is 16.6. The SMILES string of the molecule is CCCCC/C=C\C/C=C\CCCCCCCCCC(=O)OC(COC(=O)CCCCCCCCCCCCCC)COC(=O)CCCCCCCCCCCCCCCCCCCCC/C=C\C/C=C\CCCCCCC. The molecule has 0 spiro atoms. The zero-order valence-corrected chi connectivity index (χ0v) is 52.5. The molecule has 0 saturated heterocycles. The van der Waals surface area contributed by atoms with Crippen molar-refractivity contribution >= 4 is 17.9 Å². The van der Waals surface area contributed by atoms with E-state index in [1.807, 2.05) is 0 Å². The fourth-order valence-corrected chi connectivity index (χ4v) is 10.3. The molecule has 0 bridgehead atoms. The molecule has 0 aliphatic rings. The van der Waals surface area contributed by atoms with Crippen molar-refractivity contribution in [2.75, 3.05) is 13.2 Å². The average Bonchev–Trinajstić information content (AvgIpc) is 3.44. The molecule has 1 atom stereocenters. The third-order valence-corrected chi connectivity index (χ3v) is 15.6. The van der Waals surface area contributed by atoms with E-state index in [2.05, 4.69) is 69.4 Å². The van der Waals surface area contributed by atoms with Gasteiger partial charge in [0.05, 0.1) is 0 Å². The maximum atomic E-state index is 12.9. The molecule has 456 valence electrons. The maximum Gasteiger partial charge on any atom is 0.306 e. The zero-order chi connectivity index (χ0) is 56.4. The number of carbonyl (C=O) groups excluding carboxylic acids is 3. The minimum Gasteiger partial charge on any atom is -0.462 e. The molecule has 0 rings (SSSR count). The van der Waals surface area contributed by atoms with Gasteiger partial charge in [-0.05, 0) is 83.5 Å². The maximum absolute atomic E-state index is 12.9. The third-order valence-electron chi connectivity index (χ3n) is 15.6. The van der Waals surface area contributed by atoms with E-state index in [9.17, 15) is 14.4 Å². The standard InChI is InChI=1S/C72H132O6/c1-4-7-10-13-16-19-22-25-27-29-30-31-32-33-34-35-36-37-38-39-40-41-42-44-45-47-50-53-56-59-62-65-71(74)77-68-69(67-76-70(73)64-61-58-55-52-49-24-21-18-15-12-9-6-3)78-72(75)66-63-60-57-54-51-48-46-43-28-26-23-20-17-14-11-8-5-2/h17,20,22,25-26,28-30,69H,4-16,18-19,21,23-24,27,31-68H2,1-3H3/b20-17-,25-22-,28-26-,30-29-. The third kappa shape index (κ3) is 64.2. The van der Waals surface area contributed by atoms with Crippen molar-refractivity contribution in [3.63, 3.8) is 0 Å². The summed E-state index contributed by atoms with van der Waals surface area (Å²) < 4.78 is 16.9. The van der Waals surface area contributed by atoms with Crippen LogP contribution in [-0.4, -0.2) is 37.2 Å². The van der Waals surface area contributed by atoms with Gasteiger partial charge in [-0.2, -0.15) is 0 Å². The predicted molar refractivity (Wildman–Crippen MR) is 339 cm³/mol. The summed E-state index contributed by atoms with van der Waals surface area (Å²) in [6, 6.07) is 0. The number of hydrogen-bond acceptors (Lipinski definition) is 6. The Morgan fingerprint density at radius 2 is 0.462 bits per heavy atom. The van der Waals surface area contributed by atoms with Gasteiger partial charge < -0.3 is 14.2 Å². The Kier molecular flexibility index (Phi) is 64.6. The summed E-state index contributed by atoms with van der Waals surface area (Å²) in [5.74, 6) is -0.855. The van der Waals surface area contributed by atoms with E-state index in [4.69, 9.17) is 14.2 Å². The van der Waals surface area contributed by atoms with Gasteiger partial charge in [-0.3, -0.25) is 14.4 Å². The van der Waals surface area contributed by atoms with Crippen LogP contribution >= 0.6 is 0 Å². The van der Waals surface area contributed by atoms with Crippen LogP contribution in [0.1, 0.15) is 374 Å². The van der Waals surface area contributed by atoms with E-state index in [1.165, 1.54) is 257 Å². The van der Waals surface area contributed by atoms with Crippen molar-refractivity contribution < 1.29 is 28.6 Å². The molecule has 6 heteroatoms. The Bertz CT molecular complexity index is 1350. The summed E-state index contributed by atoms with van der Waals surface area (Å²) in [7, 11) is 0. The second kappa shape index (κ2) is 66.9. The van der Waals surface area contributed by atoms with Gasteiger partial charge in [0.25, 0.3) is 0 Å². The summed E-state index contributed by atoms with van der Waals surface area (Å²) in [6.07, 6.45) is 84.3. The molecule has 0 saturated carbocycles. The first-order valence-electron chi connectivity index (χ1n) is 34.6. The largest absolute Gasteiger partial charge is 0.462 e. The summed E-state index contributed by atoms with van der Waals surface area (Å²) in [5.41, 5.74) is 0. The Hall–Kier alpha value is -2.63. The molecule has 0 fully saturated rings. The van der Waals surface area contributed by atoms with Crippen LogP contribution in [0, 0.1) is 0 Å². The highest BCUT2D eigenvalue weighted by Gasteiger charge is 2.19.